The second-order valence-corrected chi connectivity index (χ2v) is 3.33. The smallest absolute Gasteiger partial charge is 0.307 e. The van der Waals surface area contributed by atoms with Gasteiger partial charge in [-0.25, -0.2) is 0 Å². The molecule has 86 valence electrons. The van der Waals surface area contributed by atoms with Crippen molar-refractivity contribution >= 4 is 17.9 Å². The molecule has 0 amide bonds. The highest BCUT2D eigenvalue weighted by molar-refractivity contribution is 5.78. The van der Waals surface area contributed by atoms with Crippen LogP contribution in [-0.2, 0) is 9.59 Å². The van der Waals surface area contributed by atoms with E-state index < -0.39 is 24.3 Å². The fourth-order valence-corrected chi connectivity index (χ4v) is 1.23. The SMILES string of the molecule is CC(CC(CC(=O)O)C(=O)O)NC(=N)N. The average molecular weight is 217 g/mol. The highest BCUT2D eigenvalue weighted by Gasteiger charge is 2.23. The Morgan fingerprint density at radius 2 is 2.00 bits per heavy atom. The molecule has 6 N–H and O–H groups in total. The molecule has 0 aliphatic rings. The molecular formula is C8H15N3O4. The summed E-state index contributed by atoms with van der Waals surface area (Å²) in [6.45, 7) is 1.64. The van der Waals surface area contributed by atoms with E-state index in [9.17, 15) is 9.59 Å². The summed E-state index contributed by atoms with van der Waals surface area (Å²) in [6.07, 6.45) is -0.319. The van der Waals surface area contributed by atoms with Crippen molar-refractivity contribution in [1.29, 1.82) is 5.41 Å². The standard InChI is InChI=1S/C8H15N3O4/c1-4(11-8(9)10)2-5(7(14)15)3-6(12)13/h4-5H,2-3H2,1H3,(H,12,13)(H,14,15)(H4,9,10,11). The molecule has 0 rings (SSSR count). The number of rotatable bonds is 6. The summed E-state index contributed by atoms with van der Waals surface area (Å²) in [7, 11) is 0. The van der Waals surface area contributed by atoms with Gasteiger partial charge < -0.3 is 21.3 Å². The molecule has 0 saturated heterocycles. The molecule has 2 atom stereocenters. The van der Waals surface area contributed by atoms with Gasteiger partial charge in [0.2, 0.25) is 0 Å². The molecule has 0 aromatic carbocycles. The normalized spacial score (nSPS) is 13.9. The summed E-state index contributed by atoms with van der Waals surface area (Å²) >= 11 is 0. The van der Waals surface area contributed by atoms with Gasteiger partial charge in [0.25, 0.3) is 0 Å². The number of carbonyl (C=O) groups is 2. The summed E-state index contributed by atoms with van der Waals surface area (Å²) in [5.74, 6) is -3.54. The molecule has 2 unspecified atom stereocenters. The van der Waals surface area contributed by atoms with Gasteiger partial charge in [-0.2, -0.15) is 0 Å². The quantitative estimate of drug-likeness (QED) is 0.298. The highest BCUT2D eigenvalue weighted by Crippen LogP contribution is 2.11. The topological polar surface area (TPSA) is 136 Å². The lowest BCUT2D eigenvalue weighted by Gasteiger charge is -2.17. The molecule has 0 radical (unpaired) electrons. The maximum atomic E-state index is 10.7. The molecule has 0 spiro atoms. The predicted molar refractivity (Wildman–Crippen MR) is 52.5 cm³/mol. The zero-order valence-electron chi connectivity index (χ0n) is 8.36. The van der Waals surface area contributed by atoms with E-state index in [0.29, 0.717) is 0 Å². The number of nitrogens with two attached hydrogens (primary N) is 1. The number of carboxylic acid groups (broad SMARTS) is 2. The van der Waals surface area contributed by atoms with E-state index in [1.807, 2.05) is 0 Å². The van der Waals surface area contributed by atoms with E-state index in [1.54, 1.807) is 6.92 Å². The zero-order chi connectivity index (χ0) is 12.0. The minimum atomic E-state index is -1.16. The zero-order valence-corrected chi connectivity index (χ0v) is 8.36. The Morgan fingerprint density at radius 1 is 1.47 bits per heavy atom. The fraction of sp³-hybridized carbons (Fsp3) is 0.625. The van der Waals surface area contributed by atoms with Crippen LogP contribution in [0.2, 0.25) is 0 Å². The minimum Gasteiger partial charge on any atom is -0.481 e. The first-order valence-electron chi connectivity index (χ1n) is 4.38. The second-order valence-electron chi connectivity index (χ2n) is 3.33. The Morgan fingerprint density at radius 3 is 2.33 bits per heavy atom. The van der Waals surface area contributed by atoms with Crippen LogP contribution in [0.15, 0.2) is 0 Å². The van der Waals surface area contributed by atoms with Gasteiger partial charge >= 0.3 is 11.9 Å². The third kappa shape index (κ3) is 6.30. The van der Waals surface area contributed by atoms with Crippen LogP contribution in [0.3, 0.4) is 0 Å². The molecule has 0 saturated carbocycles. The Hall–Kier alpha value is -1.79. The van der Waals surface area contributed by atoms with Gasteiger partial charge in [0, 0.05) is 6.04 Å². The van der Waals surface area contributed by atoms with Crippen molar-refractivity contribution in [3.05, 3.63) is 0 Å². The monoisotopic (exact) mass is 217 g/mol. The van der Waals surface area contributed by atoms with Gasteiger partial charge in [0.15, 0.2) is 5.96 Å². The highest BCUT2D eigenvalue weighted by atomic mass is 16.4. The molecule has 7 heteroatoms. The minimum absolute atomic E-state index is 0.112. The van der Waals surface area contributed by atoms with E-state index in [-0.39, 0.29) is 18.4 Å². The largest absolute Gasteiger partial charge is 0.481 e. The summed E-state index contributed by atoms with van der Waals surface area (Å²) < 4.78 is 0. The van der Waals surface area contributed by atoms with Crippen molar-refractivity contribution in [2.75, 3.05) is 0 Å². The van der Waals surface area contributed by atoms with Gasteiger partial charge in [0.05, 0.1) is 12.3 Å². The van der Waals surface area contributed by atoms with Crippen LogP contribution in [0.1, 0.15) is 19.8 Å². The first-order chi connectivity index (χ1) is 6.82. The van der Waals surface area contributed by atoms with Crippen LogP contribution in [0.5, 0.6) is 0 Å². The number of aliphatic carboxylic acids is 2. The molecule has 15 heavy (non-hydrogen) atoms. The third-order valence-electron chi connectivity index (χ3n) is 1.81. The number of hydrogen-bond acceptors (Lipinski definition) is 3. The number of nitrogens with one attached hydrogen (secondary N) is 2. The van der Waals surface area contributed by atoms with Gasteiger partial charge in [-0.15, -0.1) is 0 Å². The Bertz CT molecular complexity index is 267. The Labute approximate surface area is 86.8 Å². The average Bonchev–Trinajstić information content (AvgIpc) is 1.99. The van der Waals surface area contributed by atoms with Crippen molar-refractivity contribution in [2.45, 2.75) is 25.8 Å². The lowest BCUT2D eigenvalue weighted by atomic mass is 9.97. The molecule has 0 aromatic heterocycles. The lowest BCUT2D eigenvalue weighted by Crippen LogP contribution is -2.39. The van der Waals surface area contributed by atoms with Crippen molar-refractivity contribution < 1.29 is 19.8 Å². The lowest BCUT2D eigenvalue weighted by molar-refractivity contribution is -0.148. The van der Waals surface area contributed by atoms with Crippen LogP contribution < -0.4 is 11.1 Å². The van der Waals surface area contributed by atoms with Gasteiger partial charge in [0.1, 0.15) is 0 Å². The van der Waals surface area contributed by atoms with Crippen molar-refractivity contribution in [3.63, 3.8) is 0 Å². The van der Waals surface area contributed by atoms with Gasteiger partial charge in [-0.05, 0) is 13.3 Å². The second kappa shape index (κ2) is 5.84. The first kappa shape index (κ1) is 13.2. The maximum absolute atomic E-state index is 10.7. The van der Waals surface area contributed by atoms with Crippen LogP contribution >= 0.6 is 0 Å². The summed E-state index contributed by atoms with van der Waals surface area (Å²) in [4.78, 5) is 21.0. The molecular weight excluding hydrogens is 202 g/mol. The molecule has 0 aliphatic carbocycles. The van der Waals surface area contributed by atoms with Crippen LogP contribution in [-0.4, -0.2) is 34.2 Å². The van der Waals surface area contributed by atoms with E-state index in [4.69, 9.17) is 21.4 Å². The number of carboxylic acids is 2. The van der Waals surface area contributed by atoms with Crippen LogP contribution in [0, 0.1) is 11.3 Å². The van der Waals surface area contributed by atoms with Crippen molar-refractivity contribution in [3.8, 4) is 0 Å². The van der Waals surface area contributed by atoms with Gasteiger partial charge in [-0.3, -0.25) is 15.0 Å². The van der Waals surface area contributed by atoms with Crippen LogP contribution in [0.25, 0.3) is 0 Å². The fourth-order valence-electron chi connectivity index (χ4n) is 1.23. The molecule has 0 aliphatic heterocycles. The Balaban J connectivity index is 4.21. The molecule has 0 heterocycles. The van der Waals surface area contributed by atoms with Gasteiger partial charge in [-0.1, -0.05) is 0 Å². The summed E-state index contributed by atoms with van der Waals surface area (Å²) in [6, 6.07) is -0.344. The van der Waals surface area contributed by atoms with E-state index in [0.717, 1.165) is 0 Å². The predicted octanol–water partition coefficient (Wildman–Crippen LogP) is -0.576. The molecule has 0 aromatic rings. The van der Waals surface area contributed by atoms with E-state index >= 15 is 0 Å². The maximum Gasteiger partial charge on any atom is 0.307 e. The summed E-state index contributed by atoms with van der Waals surface area (Å²) in [5, 5.41) is 26.6. The van der Waals surface area contributed by atoms with Crippen molar-refractivity contribution in [2.24, 2.45) is 11.7 Å². The Kier molecular flexibility index (Phi) is 5.14. The number of guanidine groups is 1. The molecule has 7 nitrogen and oxygen atoms in total. The molecule has 0 bridgehead atoms. The van der Waals surface area contributed by atoms with Crippen LogP contribution in [0.4, 0.5) is 0 Å². The first-order valence-corrected chi connectivity index (χ1v) is 4.38. The number of hydrogen-bond donors (Lipinski definition) is 5. The van der Waals surface area contributed by atoms with Crippen molar-refractivity contribution in [1.82, 2.24) is 5.32 Å². The van der Waals surface area contributed by atoms with E-state index in [1.165, 1.54) is 0 Å². The molecule has 0 fully saturated rings. The van der Waals surface area contributed by atoms with E-state index in [2.05, 4.69) is 5.32 Å². The summed E-state index contributed by atoms with van der Waals surface area (Å²) in [5.41, 5.74) is 5.05. The third-order valence-corrected chi connectivity index (χ3v) is 1.81.